The number of nitrogens with one attached hydrogen (secondary N) is 1. The highest BCUT2D eigenvalue weighted by Crippen LogP contribution is 2.26. The molecule has 0 spiro atoms. The number of pyridine rings is 1. The molecule has 1 N–H and O–H groups in total. The Kier molecular flexibility index (Phi) is 7.76. The standard InChI is InChI=1S/C25H26N2O4/c1-30-21-15-13-18(14-16-21)22-9-6-10-23(27-22)19-7-5-8-20(17-19)26-24(28)11-3-4-12-25(29)31-2/h5-10,13-17H,3-4,11-12H2,1-2H3,(H,26,28). The zero-order valence-corrected chi connectivity index (χ0v) is 17.8. The quantitative estimate of drug-likeness (QED) is 0.387. The number of carbonyl (C=O) groups is 2. The Hall–Kier alpha value is -3.67. The third kappa shape index (κ3) is 6.40. The molecule has 0 aliphatic rings. The summed E-state index contributed by atoms with van der Waals surface area (Å²) in [5, 5.41) is 2.92. The lowest BCUT2D eigenvalue weighted by atomic mass is 10.1. The summed E-state index contributed by atoms with van der Waals surface area (Å²) >= 11 is 0. The second kappa shape index (κ2) is 10.9. The summed E-state index contributed by atoms with van der Waals surface area (Å²) in [7, 11) is 3.01. The lowest BCUT2D eigenvalue weighted by molar-refractivity contribution is -0.140. The maximum Gasteiger partial charge on any atom is 0.305 e. The van der Waals surface area contributed by atoms with Gasteiger partial charge in [-0.05, 0) is 61.4 Å². The number of esters is 1. The van der Waals surface area contributed by atoms with E-state index in [0.717, 1.165) is 28.3 Å². The van der Waals surface area contributed by atoms with Gasteiger partial charge in [0.2, 0.25) is 5.91 Å². The second-order valence-corrected chi connectivity index (χ2v) is 7.05. The van der Waals surface area contributed by atoms with E-state index in [2.05, 4.69) is 10.1 Å². The third-order valence-electron chi connectivity index (χ3n) is 4.84. The SMILES string of the molecule is COC(=O)CCCCC(=O)Nc1cccc(-c2cccc(-c3ccc(OC)cc3)n2)c1. The predicted octanol–water partition coefficient (Wildman–Crippen LogP) is 5.10. The van der Waals surface area contributed by atoms with Crippen LogP contribution in [0.2, 0.25) is 0 Å². The van der Waals surface area contributed by atoms with Gasteiger partial charge >= 0.3 is 5.97 Å². The number of unbranched alkanes of at least 4 members (excludes halogenated alkanes) is 1. The Morgan fingerprint density at radius 1 is 0.839 bits per heavy atom. The smallest absolute Gasteiger partial charge is 0.305 e. The molecule has 0 unspecified atom stereocenters. The fourth-order valence-electron chi connectivity index (χ4n) is 3.15. The highest BCUT2D eigenvalue weighted by molar-refractivity contribution is 5.91. The molecular weight excluding hydrogens is 392 g/mol. The first-order chi connectivity index (χ1) is 15.1. The Morgan fingerprint density at radius 3 is 2.23 bits per heavy atom. The number of hydrogen-bond acceptors (Lipinski definition) is 5. The van der Waals surface area contributed by atoms with Gasteiger partial charge in [0.05, 0.1) is 25.6 Å². The summed E-state index contributed by atoms with van der Waals surface area (Å²) in [4.78, 5) is 28.1. The number of hydrogen-bond donors (Lipinski definition) is 1. The lowest BCUT2D eigenvalue weighted by Crippen LogP contribution is -2.11. The van der Waals surface area contributed by atoms with Crippen LogP contribution < -0.4 is 10.1 Å². The van der Waals surface area contributed by atoms with Gasteiger partial charge in [0, 0.05) is 29.7 Å². The van der Waals surface area contributed by atoms with Gasteiger partial charge in [-0.3, -0.25) is 9.59 Å². The highest BCUT2D eigenvalue weighted by atomic mass is 16.5. The van der Waals surface area contributed by atoms with Crippen LogP contribution in [-0.4, -0.2) is 31.1 Å². The van der Waals surface area contributed by atoms with Crippen molar-refractivity contribution >= 4 is 17.6 Å². The van der Waals surface area contributed by atoms with Crippen LogP contribution in [0.1, 0.15) is 25.7 Å². The number of carbonyl (C=O) groups excluding carboxylic acids is 2. The zero-order chi connectivity index (χ0) is 22.1. The van der Waals surface area contributed by atoms with Crippen LogP contribution in [0.5, 0.6) is 5.75 Å². The molecular formula is C25H26N2O4. The molecule has 0 saturated heterocycles. The monoisotopic (exact) mass is 418 g/mol. The molecule has 1 aromatic heterocycles. The first-order valence-corrected chi connectivity index (χ1v) is 10.2. The van der Waals surface area contributed by atoms with Gasteiger partial charge in [-0.25, -0.2) is 4.98 Å². The van der Waals surface area contributed by atoms with Gasteiger partial charge in [-0.2, -0.15) is 0 Å². The average Bonchev–Trinajstić information content (AvgIpc) is 2.82. The number of anilines is 1. The van der Waals surface area contributed by atoms with E-state index in [9.17, 15) is 9.59 Å². The summed E-state index contributed by atoms with van der Waals surface area (Å²) in [5.41, 5.74) is 4.31. The van der Waals surface area contributed by atoms with E-state index in [4.69, 9.17) is 9.72 Å². The van der Waals surface area contributed by atoms with E-state index >= 15 is 0 Å². The fraction of sp³-hybridized carbons (Fsp3) is 0.240. The van der Waals surface area contributed by atoms with Crippen molar-refractivity contribution in [3.63, 3.8) is 0 Å². The molecule has 1 heterocycles. The van der Waals surface area contributed by atoms with Crippen molar-refractivity contribution in [3.05, 3.63) is 66.7 Å². The Labute approximate surface area is 182 Å². The molecule has 0 fully saturated rings. The van der Waals surface area contributed by atoms with E-state index in [1.807, 2.05) is 66.7 Å². The second-order valence-electron chi connectivity index (χ2n) is 7.05. The Bertz CT molecular complexity index is 1030. The van der Waals surface area contributed by atoms with Crippen molar-refractivity contribution in [2.75, 3.05) is 19.5 Å². The van der Waals surface area contributed by atoms with E-state index in [1.165, 1.54) is 7.11 Å². The van der Waals surface area contributed by atoms with Gasteiger partial charge < -0.3 is 14.8 Å². The Morgan fingerprint density at radius 2 is 1.52 bits per heavy atom. The molecule has 3 rings (SSSR count). The van der Waals surface area contributed by atoms with Crippen LogP contribution in [0.15, 0.2) is 66.7 Å². The van der Waals surface area contributed by atoms with Crippen molar-refractivity contribution in [3.8, 4) is 28.3 Å². The minimum Gasteiger partial charge on any atom is -0.497 e. The molecule has 160 valence electrons. The van der Waals surface area contributed by atoms with Crippen molar-refractivity contribution in [1.29, 1.82) is 0 Å². The van der Waals surface area contributed by atoms with Crippen LogP contribution in [0, 0.1) is 0 Å². The first kappa shape index (κ1) is 22.0. The summed E-state index contributed by atoms with van der Waals surface area (Å²) in [6.45, 7) is 0. The number of nitrogens with zero attached hydrogens (tertiary/aromatic N) is 1. The molecule has 31 heavy (non-hydrogen) atoms. The number of aromatic nitrogens is 1. The van der Waals surface area contributed by atoms with Gasteiger partial charge in [0.15, 0.2) is 0 Å². The minimum atomic E-state index is -0.252. The normalized spacial score (nSPS) is 10.4. The number of benzene rings is 2. The number of methoxy groups -OCH3 is 2. The molecule has 3 aromatic rings. The van der Waals surface area contributed by atoms with Crippen molar-refractivity contribution in [1.82, 2.24) is 4.98 Å². The molecule has 0 aliphatic carbocycles. The molecule has 0 radical (unpaired) electrons. The molecule has 0 bridgehead atoms. The summed E-state index contributed by atoms with van der Waals surface area (Å²) < 4.78 is 9.82. The topological polar surface area (TPSA) is 77.5 Å². The third-order valence-corrected chi connectivity index (χ3v) is 4.84. The molecule has 6 heteroatoms. The Balaban J connectivity index is 1.65. The fourth-order valence-corrected chi connectivity index (χ4v) is 3.15. The van der Waals surface area contributed by atoms with Gasteiger partial charge in [-0.1, -0.05) is 18.2 Å². The number of amides is 1. The molecule has 0 aliphatic heterocycles. The summed E-state index contributed by atoms with van der Waals surface area (Å²) in [6, 6.07) is 21.3. The largest absolute Gasteiger partial charge is 0.497 e. The highest BCUT2D eigenvalue weighted by Gasteiger charge is 2.08. The van der Waals surface area contributed by atoms with Gasteiger partial charge in [0.25, 0.3) is 0 Å². The first-order valence-electron chi connectivity index (χ1n) is 10.2. The van der Waals surface area contributed by atoms with Crippen molar-refractivity contribution in [2.24, 2.45) is 0 Å². The van der Waals surface area contributed by atoms with Crippen LogP contribution >= 0.6 is 0 Å². The molecule has 2 aromatic carbocycles. The van der Waals surface area contributed by atoms with E-state index in [0.29, 0.717) is 31.4 Å². The molecule has 0 saturated carbocycles. The summed E-state index contributed by atoms with van der Waals surface area (Å²) in [5.74, 6) is 0.466. The predicted molar refractivity (Wildman–Crippen MR) is 121 cm³/mol. The van der Waals surface area contributed by atoms with Crippen LogP contribution in [0.4, 0.5) is 5.69 Å². The summed E-state index contributed by atoms with van der Waals surface area (Å²) in [6.07, 6.45) is 1.94. The average molecular weight is 418 g/mol. The van der Waals surface area contributed by atoms with Crippen molar-refractivity contribution < 1.29 is 19.1 Å². The molecule has 6 nitrogen and oxygen atoms in total. The maximum atomic E-state index is 12.2. The van der Waals surface area contributed by atoms with E-state index < -0.39 is 0 Å². The van der Waals surface area contributed by atoms with Crippen LogP contribution in [0.25, 0.3) is 22.5 Å². The molecule has 1 amide bonds. The number of rotatable bonds is 9. The van der Waals surface area contributed by atoms with Crippen LogP contribution in [0.3, 0.4) is 0 Å². The minimum absolute atomic E-state index is 0.0815. The van der Waals surface area contributed by atoms with Crippen LogP contribution in [-0.2, 0) is 14.3 Å². The van der Waals surface area contributed by atoms with E-state index in [1.54, 1.807) is 7.11 Å². The lowest BCUT2D eigenvalue weighted by Gasteiger charge is -2.09. The zero-order valence-electron chi connectivity index (χ0n) is 17.8. The number of ether oxygens (including phenoxy) is 2. The van der Waals surface area contributed by atoms with Gasteiger partial charge in [-0.15, -0.1) is 0 Å². The maximum absolute atomic E-state index is 12.2. The van der Waals surface area contributed by atoms with Crippen molar-refractivity contribution in [2.45, 2.75) is 25.7 Å². The molecule has 0 atom stereocenters. The van der Waals surface area contributed by atoms with E-state index in [-0.39, 0.29) is 11.9 Å². The van der Waals surface area contributed by atoms with Gasteiger partial charge in [0.1, 0.15) is 5.75 Å².